The van der Waals surface area contributed by atoms with Gasteiger partial charge in [0.1, 0.15) is 6.61 Å². The molecule has 0 aliphatic carbocycles. The summed E-state index contributed by atoms with van der Waals surface area (Å²) in [5, 5.41) is 9.02. The Hall–Kier alpha value is -2.08. The second kappa shape index (κ2) is 8.97. The van der Waals surface area contributed by atoms with Crippen molar-refractivity contribution >= 4 is 12.1 Å². The Bertz CT molecular complexity index is 449. The Morgan fingerprint density at radius 3 is 2.52 bits per heavy atom. The van der Waals surface area contributed by atoms with E-state index in [1.165, 1.54) is 0 Å². The molecule has 2 N–H and O–H groups in total. The van der Waals surface area contributed by atoms with Crippen LogP contribution in [-0.4, -0.2) is 23.3 Å². The Morgan fingerprint density at radius 2 is 1.95 bits per heavy atom. The van der Waals surface area contributed by atoms with Gasteiger partial charge in [0.2, 0.25) is 0 Å². The van der Waals surface area contributed by atoms with E-state index in [0.29, 0.717) is 6.42 Å². The van der Waals surface area contributed by atoms with Crippen LogP contribution >= 0.6 is 0 Å². The highest BCUT2D eigenvalue weighted by atomic mass is 16.7. The highest BCUT2D eigenvalue weighted by molar-refractivity contribution is 5.73. The number of carboxylic acids is 1. The van der Waals surface area contributed by atoms with Gasteiger partial charge in [0.15, 0.2) is 6.10 Å². The summed E-state index contributed by atoms with van der Waals surface area (Å²) >= 11 is 0. The molecule has 0 unspecified atom stereocenters. The number of hydrogen-bond acceptors (Lipinski definition) is 4. The smallest absolute Gasteiger partial charge is 0.431 e. The quantitative estimate of drug-likeness (QED) is 0.720. The fourth-order valence-electron chi connectivity index (χ4n) is 1.60. The van der Waals surface area contributed by atoms with E-state index >= 15 is 0 Å². The van der Waals surface area contributed by atoms with Gasteiger partial charge in [-0.1, -0.05) is 50.6 Å². The highest BCUT2D eigenvalue weighted by Crippen LogP contribution is 2.12. The van der Waals surface area contributed by atoms with Crippen LogP contribution in [0.25, 0.3) is 0 Å². The summed E-state index contributed by atoms with van der Waals surface area (Å²) in [6, 6.07) is 9.16. The number of aliphatic carboxylic acids is 1. The summed E-state index contributed by atoms with van der Waals surface area (Å²) in [5.74, 6) is -0.924. The van der Waals surface area contributed by atoms with Crippen molar-refractivity contribution in [2.75, 3.05) is 0 Å². The van der Waals surface area contributed by atoms with E-state index in [1.807, 2.05) is 49.7 Å². The van der Waals surface area contributed by atoms with Gasteiger partial charge in [-0.25, -0.2) is 9.59 Å². The fraction of sp³-hybridized carbons (Fsp3) is 0.467. The van der Waals surface area contributed by atoms with Gasteiger partial charge in [-0.2, -0.15) is 5.48 Å². The molecule has 0 aromatic heterocycles. The molecule has 6 heteroatoms. The monoisotopic (exact) mass is 295 g/mol. The Balaban J connectivity index is 2.34. The average Bonchev–Trinajstić information content (AvgIpc) is 2.49. The second-order valence-electron chi connectivity index (χ2n) is 4.86. The van der Waals surface area contributed by atoms with Crippen molar-refractivity contribution in [2.24, 2.45) is 5.92 Å². The molecule has 0 fully saturated rings. The summed E-state index contributed by atoms with van der Waals surface area (Å²) in [6.45, 7) is 3.98. The van der Waals surface area contributed by atoms with Gasteiger partial charge in [-0.15, -0.1) is 0 Å². The molecular weight excluding hydrogens is 274 g/mol. The highest BCUT2D eigenvalue weighted by Gasteiger charge is 2.22. The largest absolute Gasteiger partial charge is 0.479 e. The molecule has 0 saturated heterocycles. The molecule has 0 radical (unpaired) electrons. The van der Waals surface area contributed by atoms with Crippen LogP contribution in [-0.2, 0) is 21.0 Å². The Labute approximate surface area is 124 Å². The van der Waals surface area contributed by atoms with Crippen LogP contribution in [0.4, 0.5) is 4.79 Å². The second-order valence-corrected chi connectivity index (χ2v) is 4.86. The maximum absolute atomic E-state index is 11.4. The topological polar surface area (TPSA) is 84.9 Å². The van der Waals surface area contributed by atoms with E-state index in [-0.39, 0.29) is 12.5 Å². The number of hydrogen-bond donors (Lipinski definition) is 2. The van der Waals surface area contributed by atoms with Gasteiger partial charge in [0.25, 0.3) is 0 Å². The normalized spacial score (nSPS) is 13.2. The molecule has 0 aliphatic rings. The van der Waals surface area contributed by atoms with Gasteiger partial charge >= 0.3 is 12.1 Å². The van der Waals surface area contributed by atoms with Crippen LogP contribution in [0.1, 0.15) is 32.3 Å². The van der Waals surface area contributed by atoms with Crippen LogP contribution in [0.5, 0.6) is 0 Å². The first kappa shape index (κ1) is 17.0. The molecule has 0 saturated carbocycles. The minimum absolute atomic E-state index is 0.0964. The number of carbonyl (C=O) groups excluding carboxylic acids is 1. The van der Waals surface area contributed by atoms with E-state index in [9.17, 15) is 9.59 Å². The maximum Gasteiger partial charge on any atom is 0.431 e. The van der Waals surface area contributed by atoms with Crippen LogP contribution in [0.15, 0.2) is 30.3 Å². The van der Waals surface area contributed by atoms with E-state index in [2.05, 4.69) is 0 Å². The number of rotatable bonds is 8. The van der Waals surface area contributed by atoms with E-state index in [1.54, 1.807) is 0 Å². The zero-order valence-electron chi connectivity index (χ0n) is 12.2. The molecule has 0 bridgehead atoms. The zero-order chi connectivity index (χ0) is 15.7. The van der Waals surface area contributed by atoms with Gasteiger partial charge in [0, 0.05) is 0 Å². The molecule has 0 aliphatic heterocycles. The maximum atomic E-state index is 11.4. The molecule has 1 rings (SSSR count). The van der Waals surface area contributed by atoms with Crippen molar-refractivity contribution in [2.45, 2.75) is 39.4 Å². The number of carbonyl (C=O) groups is 2. The lowest BCUT2D eigenvalue weighted by Gasteiger charge is -2.16. The van der Waals surface area contributed by atoms with E-state index in [0.717, 1.165) is 12.0 Å². The molecule has 21 heavy (non-hydrogen) atoms. The SMILES string of the molecule is CC[C@@H](C)C[C@@H](ONC(=O)OCc1ccccc1)C(=O)O. The molecule has 1 aromatic carbocycles. The number of nitrogens with one attached hydrogen (secondary N) is 1. The lowest BCUT2D eigenvalue weighted by Crippen LogP contribution is -2.35. The molecule has 0 spiro atoms. The molecular formula is C15H21NO5. The number of amides is 1. The van der Waals surface area contributed by atoms with Crippen molar-refractivity contribution in [3.8, 4) is 0 Å². The van der Waals surface area contributed by atoms with Crippen LogP contribution < -0.4 is 5.48 Å². The zero-order valence-corrected chi connectivity index (χ0v) is 12.2. The summed E-state index contributed by atoms with van der Waals surface area (Å²) < 4.78 is 4.92. The minimum atomic E-state index is -1.11. The third-order valence-corrected chi connectivity index (χ3v) is 3.09. The molecule has 1 amide bonds. The summed E-state index contributed by atoms with van der Waals surface area (Å²) in [6.07, 6.45) is -0.727. The van der Waals surface area contributed by atoms with Gasteiger partial charge in [-0.05, 0) is 17.9 Å². The van der Waals surface area contributed by atoms with Crippen molar-refractivity contribution < 1.29 is 24.3 Å². The summed E-state index contributed by atoms with van der Waals surface area (Å²) in [5.41, 5.74) is 2.86. The average molecular weight is 295 g/mol. The molecule has 1 aromatic rings. The number of benzene rings is 1. The van der Waals surface area contributed by atoms with Crippen LogP contribution in [0.2, 0.25) is 0 Å². The number of hydroxylamine groups is 1. The molecule has 2 atom stereocenters. The van der Waals surface area contributed by atoms with E-state index < -0.39 is 18.2 Å². The first-order valence-electron chi connectivity index (χ1n) is 6.88. The molecule has 116 valence electrons. The Morgan fingerprint density at radius 1 is 1.29 bits per heavy atom. The van der Waals surface area contributed by atoms with Crippen molar-refractivity contribution in [3.63, 3.8) is 0 Å². The lowest BCUT2D eigenvalue weighted by atomic mass is 10.0. The standard InChI is InChI=1S/C15H21NO5/c1-3-11(2)9-13(14(17)18)21-16-15(19)20-10-12-7-5-4-6-8-12/h4-8,11,13H,3,9-10H2,1-2H3,(H,16,19)(H,17,18)/t11-,13-/m1/s1. The van der Waals surface area contributed by atoms with Gasteiger partial charge in [-0.3, -0.25) is 4.84 Å². The van der Waals surface area contributed by atoms with Crippen LogP contribution in [0.3, 0.4) is 0 Å². The third kappa shape index (κ3) is 6.76. The predicted octanol–water partition coefficient (Wildman–Crippen LogP) is 2.73. The molecule has 6 nitrogen and oxygen atoms in total. The summed E-state index contributed by atoms with van der Waals surface area (Å²) in [4.78, 5) is 27.4. The first-order valence-corrected chi connectivity index (χ1v) is 6.88. The van der Waals surface area contributed by atoms with Crippen molar-refractivity contribution in [1.82, 2.24) is 5.48 Å². The summed E-state index contributed by atoms with van der Waals surface area (Å²) in [7, 11) is 0. The third-order valence-electron chi connectivity index (χ3n) is 3.09. The predicted molar refractivity (Wildman–Crippen MR) is 76.3 cm³/mol. The molecule has 0 heterocycles. The minimum Gasteiger partial charge on any atom is -0.479 e. The van der Waals surface area contributed by atoms with E-state index in [4.69, 9.17) is 14.7 Å². The lowest BCUT2D eigenvalue weighted by molar-refractivity contribution is -0.156. The van der Waals surface area contributed by atoms with Crippen molar-refractivity contribution in [1.29, 1.82) is 0 Å². The number of ether oxygens (including phenoxy) is 1. The van der Waals surface area contributed by atoms with Gasteiger partial charge < -0.3 is 9.84 Å². The first-order chi connectivity index (χ1) is 10.0. The Kier molecular flexibility index (Phi) is 7.25. The van der Waals surface area contributed by atoms with Crippen molar-refractivity contribution in [3.05, 3.63) is 35.9 Å². The van der Waals surface area contributed by atoms with Crippen LogP contribution in [0, 0.1) is 5.92 Å². The fourth-order valence-corrected chi connectivity index (χ4v) is 1.60. The van der Waals surface area contributed by atoms with Gasteiger partial charge in [0.05, 0.1) is 0 Å². The number of carboxylic acid groups (broad SMARTS) is 1.